The van der Waals surface area contributed by atoms with Crippen LogP contribution in [0.5, 0.6) is 0 Å². The van der Waals surface area contributed by atoms with Crippen molar-refractivity contribution < 1.29 is 13.2 Å². The van der Waals surface area contributed by atoms with Gasteiger partial charge in [-0.05, 0) is 43.3 Å². The van der Waals surface area contributed by atoms with Crippen molar-refractivity contribution in [3.05, 3.63) is 84.4 Å². The average Bonchev–Trinajstić information content (AvgIpc) is 3.53. The zero-order valence-corrected chi connectivity index (χ0v) is 21.9. The van der Waals surface area contributed by atoms with E-state index in [9.17, 15) is 13.2 Å². The number of benzene rings is 2. The summed E-state index contributed by atoms with van der Waals surface area (Å²) in [7, 11) is -3.62. The van der Waals surface area contributed by atoms with Gasteiger partial charge in [0.1, 0.15) is 12.1 Å². The van der Waals surface area contributed by atoms with Crippen molar-refractivity contribution in [3.63, 3.8) is 0 Å². The number of carbonyl (C=O) groups excluding carboxylic acids is 1. The maximum atomic E-state index is 13.1. The highest BCUT2D eigenvalue weighted by molar-refractivity contribution is 7.89. The molecule has 0 saturated heterocycles. The smallest absolute Gasteiger partial charge is 0.256 e. The van der Waals surface area contributed by atoms with Gasteiger partial charge in [0.15, 0.2) is 11.5 Å². The maximum Gasteiger partial charge on any atom is 0.256 e. The molecule has 0 saturated carbocycles. The number of hydrogen-bond acceptors (Lipinski definition) is 7. The van der Waals surface area contributed by atoms with Crippen molar-refractivity contribution in [2.75, 3.05) is 18.4 Å². The van der Waals surface area contributed by atoms with Crippen LogP contribution in [0.2, 0.25) is 0 Å². The molecule has 38 heavy (non-hydrogen) atoms. The summed E-state index contributed by atoms with van der Waals surface area (Å²) in [5, 5.41) is 12.5. The van der Waals surface area contributed by atoms with Gasteiger partial charge in [0.05, 0.1) is 27.9 Å². The third-order valence-corrected chi connectivity index (χ3v) is 8.14. The van der Waals surface area contributed by atoms with Crippen molar-refractivity contribution in [3.8, 4) is 11.5 Å². The molecule has 0 fully saturated rings. The number of aromatic nitrogens is 6. The Morgan fingerprint density at radius 2 is 1.68 bits per heavy atom. The number of aryl methyl sites for hydroxylation is 1. The second-order valence-corrected chi connectivity index (χ2v) is 10.4. The van der Waals surface area contributed by atoms with Crippen molar-refractivity contribution >= 4 is 32.8 Å². The Morgan fingerprint density at radius 3 is 2.37 bits per heavy atom. The van der Waals surface area contributed by atoms with E-state index in [2.05, 4.69) is 25.5 Å². The molecule has 0 aliphatic rings. The van der Waals surface area contributed by atoms with Gasteiger partial charge in [0.2, 0.25) is 10.0 Å². The number of hydrogen-bond donors (Lipinski definition) is 1. The van der Waals surface area contributed by atoms with Gasteiger partial charge >= 0.3 is 0 Å². The molecule has 0 aliphatic heterocycles. The predicted octanol–water partition coefficient (Wildman–Crippen LogP) is 3.59. The Labute approximate surface area is 219 Å². The molecular formula is C26H26N8O3S. The van der Waals surface area contributed by atoms with Crippen molar-refractivity contribution in [1.29, 1.82) is 0 Å². The number of fused-ring (bicyclic) bond motifs is 1. The first-order chi connectivity index (χ1) is 18.3. The lowest BCUT2D eigenvalue weighted by Gasteiger charge is -2.18. The van der Waals surface area contributed by atoms with Gasteiger partial charge in [0, 0.05) is 24.7 Å². The summed E-state index contributed by atoms with van der Waals surface area (Å²) in [6.45, 7) is 6.11. The number of nitrogens with zero attached hydrogens (tertiary/aromatic N) is 7. The molecular weight excluding hydrogens is 504 g/mol. The Kier molecular flexibility index (Phi) is 6.74. The van der Waals surface area contributed by atoms with Crippen LogP contribution in [0.4, 0.5) is 5.82 Å². The van der Waals surface area contributed by atoms with Crippen LogP contribution in [-0.4, -0.2) is 61.2 Å². The highest BCUT2D eigenvalue weighted by atomic mass is 32.2. The minimum atomic E-state index is -3.62. The van der Waals surface area contributed by atoms with Crippen molar-refractivity contribution in [2.24, 2.45) is 0 Å². The lowest BCUT2D eigenvalue weighted by atomic mass is 10.2. The largest absolute Gasteiger partial charge is 0.306 e. The first kappa shape index (κ1) is 25.2. The Balaban J connectivity index is 1.45. The zero-order valence-electron chi connectivity index (χ0n) is 21.1. The fourth-order valence-corrected chi connectivity index (χ4v) is 5.65. The minimum absolute atomic E-state index is 0.137. The average molecular weight is 531 g/mol. The molecule has 0 aliphatic carbocycles. The lowest BCUT2D eigenvalue weighted by Crippen LogP contribution is -2.30. The van der Waals surface area contributed by atoms with Crippen LogP contribution >= 0.6 is 0 Å². The molecule has 0 spiro atoms. The molecule has 5 rings (SSSR count). The van der Waals surface area contributed by atoms with Crippen LogP contribution in [0.25, 0.3) is 22.5 Å². The van der Waals surface area contributed by atoms with Gasteiger partial charge in [-0.3, -0.25) is 4.79 Å². The number of carbonyl (C=O) groups is 1. The number of nitrogens with one attached hydrogen (secondary N) is 1. The minimum Gasteiger partial charge on any atom is -0.306 e. The van der Waals surface area contributed by atoms with E-state index in [0.717, 1.165) is 5.69 Å². The number of para-hydroxylation sites is 1. The summed E-state index contributed by atoms with van der Waals surface area (Å²) in [5.74, 6) is 0.448. The predicted molar refractivity (Wildman–Crippen MR) is 143 cm³/mol. The highest BCUT2D eigenvalue weighted by Gasteiger charge is 2.22. The molecule has 3 heterocycles. The molecule has 11 nitrogen and oxygen atoms in total. The van der Waals surface area contributed by atoms with E-state index in [4.69, 9.17) is 0 Å². The van der Waals surface area contributed by atoms with Gasteiger partial charge < -0.3 is 5.32 Å². The normalized spacial score (nSPS) is 11.8. The van der Waals surface area contributed by atoms with Gasteiger partial charge in [-0.15, -0.1) is 0 Å². The Morgan fingerprint density at radius 1 is 0.974 bits per heavy atom. The fraction of sp³-hybridized carbons (Fsp3) is 0.192. The number of anilines is 1. The van der Waals surface area contributed by atoms with Gasteiger partial charge in [-0.2, -0.15) is 19.2 Å². The molecule has 1 amide bonds. The van der Waals surface area contributed by atoms with Crippen LogP contribution in [-0.2, 0) is 10.0 Å². The van der Waals surface area contributed by atoms with E-state index in [0.29, 0.717) is 47.0 Å². The molecule has 194 valence electrons. The Hall–Kier alpha value is -4.42. The second kappa shape index (κ2) is 10.1. The van der Waals surface area contributed by atoms with Crippen molar-refractivity contribution in [1.82, 2.24) is 33.8 Å². The number of amides is 1. The van der Waals surface area contributed by atoms with E-state index in [1.54, 1.807) is 30.8 Å². The van der Waals surface area contributed by atoms with Gasteiger partial charge in [-0.1, -0.05) is 32.0 Å². The SMILES string of the molecule is CCN(CC)S(=O)(=O)c1ccc(C(=O)Nc2cc(C)nn2-c2ncnc3c2cnn3-c2ccccc2)cc1. The van der Waals surface area contributed by atoms with Crippen molar-refractivity contribution in [2.45, 2.75) is 25.7 Å². The molecule has 0 radical (unpaired) electrons. The van der Waals surface area contributed by atoms with Gasteiger partial charge in [-0.25, -0.2) is 23.1 Å². The number of sulfonamides is 1. The van der Waals surface area contributed by atoms with Crippen LogP contribution in [0.15, 0.2) is 78.1 Å². The van der Waals surface area contributed by atoms with E-state index in [1.807, 2.05) is 37.3 Å². The third kappa shape index (κ3) is 4.55. The van der Waals surface area contributed by atoms with Crippen LogP contribution < -0.4 is 5.32 Å². The van der Waals surface area contributed by atoms with E-state index < -0.39 is 15.9 Å². The molecule has 12 heteroatoms. The van der Waals surface area contributed by atoms with Gasteiger partial charge in [0.25, 0.3) is 5.91 Å². The van der Waals surface area contributed by atoms with E-state index in [-0.39, 0.29) is 4.90 Å². The Bertz CT molecular complexity index is 1710. The standard InChI is InChI=1S/C26H26N8O3S/c1-4-32(5-2)38(36,37)21-13-11-19(12-14-21)26(35)30-23-15-18(3)31-34(23)25-22-16-29-33(24(22)27-17-28-25)20-9-7-6-8-10-20/h6-17H,4-5H2,1-3H3,(H,30,35). The molecule has 3 aromatic heterocycles. The molecule has 5 aromatic rings. The lowest BCUT2D eigenvalue weighted by molar-refractivity contribution is 0.102. The molecule has 0 unspecified atom stereocenters. The third-order valence-electron chi connectivity index (χ3n) is 6.08. The van der Waals surface area contributed by atoms with Crippen LogP contribution in [0.3, 0.4) is 0 Å². The van der Waals surface area contributed by atoms with Crippen LogP contribution in [0.1, 0.15) is 29.9 Å². The molecule has 2 aromatic carbocycles. The second-order valence-electron chi connectivity index (χ2n) is 8.48. The van der Waals surface area contributed by atoms with E-state index >= 15 is 0 Å². The summed E-state index contributed by atoms with van der Waals surface area (Å²) < 4.78 is 30.1. The number of rotatable bonds is 8. The summed E-state index contributed by atoms with van der Waals surface area (Å²) in [6.07, 6.45) is 3.09. The fourth-order valence-electron chi connectivity index (χ4n) is 4.19. The van der Waals surface area contributed by atoms with E-state index in [1.165, 1.54) is 39.6 Å². The monoisotopic (exact) mass is 530 g/mol. The maximum absolute atomic E-state index is 13.1. The zero-order chi connectivity index (χ0) is 26.9. The summed E-state index contributed by atoms with van der Waals surface area (Å²) in [5.41, 5.74) is 2.42. The topological polar surface area (TPSA) is 128 Å². The summed E-state index contributed by atoms with van der Waals surface area (Å²) in [6, 6.07) is 17.2. The summed E-state index contributed by atoms with van der Waals surface area (Å²) >= 11 is 0. The first-order valence-corrected chi connectivity index (χ1v) is 13.5. The summed E-state index contributed by atoms with van der Waals surface area (Å²) in [4.78, 5) is 22.1. The molecule has 0 bridgehead atoms. The quantitative estimate of drug-likeness (QED) is 0.325. The first-order valence-electron chi connectivity index (χ1n) is 12.1. The molecule has 1 N–H and O–H groups in total. The molecule has 0 atom stereocenters. The highest BCUT2D eigenvalue weighted by Crippen LogP contribution is 2.25. The van der Waals surface area contributed by atoms with Crippen LogP contribution in [0, 0.1) is 6.92 Å².